The van der Waals surface area contributed by atoms with Gasteiger partial charge in [0.05, 0.1) is 0 Å². The van der Waals surface area contributed by atoms with E-state index in [4.69, 9.17) is 5.73 Å². The molecular weight excluding hydrogens is 302 g/mol. The van der Waals surface area contributed by atoms with Crippen LogP contribution in [0.15, 0.2) is 30.3 Å². The summed E-state index contributed by atoms with van der Waals surface area (Å²) < 4.78 is 0. The molecule has 22 heavy (non-hydrogen) atoms. The Bertz CT molecular complexity index is 482. The third kappa shape index (κ3) is 5.66. The van der Waals surface area contributed by atoms with Crippen molar-refractivity contribution < 1.29 is 9.59 Å². The van der Waals surface area contributed by atoms with Crippen molar-refractivity contribution in [3.8, 4) is 0 Å². The van der Waals surface area contributed by atoms with E-state index in [9.17, 15) is 9.59 Å². The first-order valence-electron chi connectivity index (χ1n) is 7.52. The van der Waals surface area contributed by atoms with E-state index in [1.807, 2.05) is 18.2 Å². The van der Waals surface area contributed by atoms with Gasteiger partial charge in [0.25, 0.3) is 5.91 Å². The van der Waals surface area contributed by atoms with Crippen molar-refractivity contribution in [3.63, 3.8) is 0 Å². The second kappa shape index (κ2) is 9.43. The van der Waals surface area contributed by atoms with Crippen molar-refractivity contribution in [2.45, 2.75) is 31.7 Å². The van der Waals surface area contributed by atoms with Crippen LogP contribution in [0.3, 0.4) is 0 Å². The fourth-order valence-corrected chi connectivity index (χ4v) is 2.70. The Hall–Kier alpha value is -1.59. The summed E-state index contributed by atoms with van der Waals surface area (Å²) in [6, 6.07) is 9.19. The third-order valence-corrected chi connectivity index (χ3v) is 3.93. The molecule has 5 nitrogen and oxygen atoms in total. The maximum Gasteiger partial charge on any atom is 0.251 e. The van der Waals surface area contributed by atoms with Gasteiger partial charge in [-0.25, -0.2) is 0 Å². The van der Waals surface area contributed by atoms with Gasteiger partial charge in [-0.3, -0.25) is 9.59 Å². The smallest absolute Gasteiger partial charge is 0.251 e. The minimum absolute atomic E-state index is 0. The Morgan fingerprint density at radius 3 is 2.41 bits per heavy atom. The molecular formula is C16H24ClN3O2. The van der Waals surface area contributed by atoms with Crippen LogP contribution in [-0.2, 0) is 4.79 Å². The van der Waals surface area contributed by atoms with Gasteiger partial charge < -0.3 is 16.4 Å². The summed E-state index contributed by atoms with van der Waals surface area (Å²) in [6.07, 6.45) is 3.67. The molecule has 1 saturated carbocycles. The molecule has 1 aromatic carbocycles. The van der Waals surface area contributed by atoms with Crippen molar-refractivity contribution in [1.82, 2.24) is 10.6 Å². The zero-order chi connectivity index (χ0) is 15.1. The zero-order valence-corrected chi connectivity index (χ0v) is 13.4. The molecule has 1 fully saturated rings. The summed E-state index contributed by atoms with van der Waals surface area (Å²) in [6.45, 7) is 0.871. The van der Waals surface area contributed by atoms with Crippen molar-refractivity contribution in [1.29, 1.82) is 0 Å². The molecule has 1 aliphatic rings. The molecule has 1 aromatic rings. The van der Waals surface area contributed by atoms with E-state index < -0.39 is 0 Å². The standard InChI is InChI=1S/C16H23N3O2.ClH/c17-14-8-4-7-13(14)11-15(20)18-9-10-19-16(21)12-5-2-1-3-6-12;/h1-3,5-6,13-14H,4,7-11,17H2,(H,18,20)(H,19,21);1H/t13-,14+;/m0./s1. The van der Waals surface area contributed by atoms with Gasteiger partial charge >= 0.3 is 0 Å². The van der Waals surface area contributed by atoms with Gasteiger partial charge in [-0.1, -0.05) is 24.6 Å². The molecule has 122 valence electrons. The fraction of sp³-hybridized carbons (Fsp3) is 0.500. The molecule has 6 heteroatoms. The molecule has 0 aromatic heterocycles. The number of carbonyl (C=O) groups is 2. The summed E-state index contributed by atoms with van der Waals surface area (Å²) in [5.41, 5.74) is 6.57. The van der Waals surface area contributed by atoms with E-state index in [1.165, 1.54) is 0 Å². The normalized spacial score (nSPS) is 20.0. The van der Waals surface area contributed by atoms with Crippen LogP contribution < -0.4 is 16.4 Å². The van der Waals surface area contributed by atoms with Crippen LogP contribution in [0.25, 0.3) is 0 Å². The molecule has 2 atom stereocenters. The monoisotopic (exact) mass is 325 g/mol. The van der Waals surface area contributed by atoms with E-state index in [0.29, 0.717) is 31.0 Å². The molecule has 0 unspecified atom stereocenters. The van der Waals surface area contributed by atoms with Crippen LogP contribution in [0.1, 0.15) is 36.0 Å². The highest BCUT2D eigenvalue weighted by atomic mass is 35.5. The highest BCUT2D eigenvalue weighted by Crippen LogP contribution is 2.26. The lowest BCUT2D eigenvalue weighted by atomic mass is 10.00. The van der Waals surface area contributed by atoms with Crippen LogP contribution in [0.4, 0.5) is 0 Å². The fourth-order valence-electron chi connectivity index (χ4n) is 2.70. The maximum absolute atomic E-state index is 11.8. The quantitative estimate of drug-likeness (QED) is 0.692. The van der Waals surface area contributed by atoms with E-state index in [0.717, 1.165) is 19.3 Å². The number of hydrogen-bond acceptors (Lipinski definition) is 3. The molecule has 0 radical (unpaired) electrons. The van der Waals surface area contributed by atoms with Crippen LogP contribution in [0, 0.1) is 5.92 Å². The van der Waals surface area contributed by atoms with Crippen molar-refractivity contribution in [2.75, 3.05) is 13.1 Å². The average molecular weight is 326 g/mol. The van der Waals surface area contributed by atoms with Crippen LogP contribution in [0.5, 0.6) is 0 Å². The van der Waals surface area contributed by atoms with Crippen LogP contribution in [-0.4, -0.2) is 30.9 Å². The number of rotatable bonds is 6. The number of nitrogens with one attached hydrogen (secondary N) is 2. The van der Waals surface area contributed by atoms with E-state index in [2.05, 4.69) is 10.6 Å². The molecule has 1 aliphatic carbocycles. The molecule has 0 aliphatic heterocycles. The number of carbonyl (C=O) groups excluding carboxylic acids is 2. The summed E-state index contributed by atoms with van der Waals surface area (Å²) in [7, 11) is 0. The largest absolute Gasteiger partial charge is 0.354 e. The summed E-state index contributed by atoms with van der Waals surface area (Å²) in [5.74, 6) is 0.206. The molecule has 4 N–H and O–H groups in total. The number of hydrogen-bond donors (Lipinski definition) is 3. The molecule has 0 spiro atoms. The van der Waals surface area contributed by atoms with Crippen LogP contribution in [0.2, 0.25) is 0 Å². The van der Waals surface area contributed by atoms with Gasteiger partial charge in [0.2, 0.25) is 5.91 Å². The van der Waals surface area contributed by atoms with Gasteiger partial charge in [0, 0.05) is 31.1 Å². The van der Waals surface area contributed by atoms with Gasteiger partial charge in [0.1, 0.15) is 0 Å². The van der Waals surface area contributed by atoms with Crippen molar-refractivity contribution in [3.05, 3.63) is 35.9 Å². The van der Waals surface area contributed by atoms with Gasteiger partial charge in [-0.05, 0) is 30.9 Å². The Labute approximate surface area is 137 Å². The lowest BCUT2D eigenvalue weighted by molar-refractivity contribution is -0.122. The van der Waals surface area contributed by atoms with E-state index in [1.54, 1.807) is 12.1 Å². The number of amides is 2. The minimum atomic E-state index is -0.123. The Balaban J connectivity index is 0.00000242. The second-order valence-electron chi connectivity index (χ2n) is 5.53. The predicted molar refractivity (Wildman–Crippen MR) is 89.0 cm³/mol. The number of benzene rings is 1. The van der Waals surface area contributed by atoms with E-state index in [-0.39, 0.29) is 30.3 Å². The zero-order valence-electron chi connectivity index (χ0n) is 12.6. The summed E-state index contributed by atoms with van der Waals surface area (Å²) >= 11 is 0. The van der Waals surface area contributed by atoms with Crippen LogP contribution >= 0.6 is 12.4 Å². The lowest BCUT2D eigenvalue weighted by Gasteiger charge is -2.14. The van der Waals surface area contributed by atoms with Crippen molar-refractivity contribution in [2.24, 2.45) is 11.7 Å². The molecule has 0 heterocycles. The van der Waals surface area contributed by atoms with E-state index >= 15 is 0 Å². The van der Waals surface area contributed by atoms with Gasteiger partial charge in [0.15, 0.2) is 0 Å². The second-order valence-corrected chi connectivity index (χ2v) is 5.53. The summed E-state index contributed by atoms with van der Waals surface area (Å²) in [4.78, 5) is 23.6. The first kappa shape index (κ1) is 18.5. The average Bonchev–Trinajstić information content (AvgIpc) is 2.89. The molecule has 0 saturated heterocycles. The van der Waals surface area contributed by atoms with Gasteiger partial charge in [-0.2, -0.15) is 0 Å². The van der Waals surface area contributed by atoms with Gasteiger partial charge in [-0.15, -0.1) is 12.4 Å². The molecule has 0 bridgehead atoms. The lowest BCUT2D eigenvalue weighted by Crippen LogP contribution is -2.36. The minimum Gasteiger partial charge on any atom is -0.354 e. The maximum atomic E-state index is 11.8. The van der Waals surface area contributed by atoms with Crippen molar-refractivity contribution >= 4 is 24.2 Å². The third-order valence-electron chi connectivity index (χ3n) is 3.93. The molecule has 2 rings (SSSR count). The first-order valence-corrected chi connectivity index (χ1v) is 7.52. The highest BCUT2D eigenvalue weighted by molar-refractivity contribution is 5.94. The highest BCUT2D eigenvalue weighted by Gasteiger charge is 2.25. The first-order chi connectivity index (χ1) is 10.2. The number of nitrogens with two attached hydrogens (primary N) is 1. The molecule has 2 amide bonds. The summed E-state index contributed by atoms with van der Waals surface area (Å²) in [5, 5.41) is 5.61. The Morgan fingerprint density at radius 1 is 1.09 bits per heavy atom. The Morgan fingerprint density at radius 2 is 1.77 bits per heavy atom. The SMILES string of the molecule is Cl.N[C@@H]1CCC[C@H]1CC(=O)NCCNC(=O)c1ccccc1. The Kier molecular flexibility index (Phi) is 7.91. The topological polar surface area (TPSA) is 84.2 Å². The number of halogens is 1. The predicted octanol–water partition coefficient (Wildman–Crippen LogP) is 1.47.